The molecule has 1 aromatic carbocycles. The Bertz CT molecular complexity index is 578. The van der Waals surface area contributed by atoms with Gasteiger partial charge in [0.2, 0.25) is 0 Å². The Labute approximate surface area is 123 Å². The molecule has 4 heteroatoms. The predicted octanol–water partition coefficient (Wildman–Crippen LogP) is 3.59. The molecule has 2 rings (SSSR count). The number of ketones is 1. The molecule has 0 unspecified atom stereocenters. The molecule has 0 bridgehead atoms. The van der Waals surface area contributed by atoms with Crippen LogP contribution in [0.1, 0.15) is 27.7 Å². The minimum Gasteiger partial charge on any atom is -0.496 e. The van der Waals surface area contributed by atoms with E-state index in [1.807, 2.05) is 18.2 Å². The molecule has 106 valence electrons. The summed E-state index contributed by atoms with van der Waals surface area (Å²) in [6, 6.07) is 9.79. The molecule has 20 heavy (non-hydrogen) atoms. The summed E-state index contributed by atoms with van der Waals surface area (Å²) in [5.74, 6) is 0.905. The molecule has 3 nitrogen and oxygen atoms in total. The Morgan fingerprint density at radius 3 is 2.70 bits per heavy atom. The van der Waals surface area contributed by atoms with Crippen molar-refractivity contribution in [3.8, 4) is 5.75 Å². The van der Waals surface area contributed by atoms with Gasteiger partial charge in [0.15, 0.2) is 5.78 Å². The van der Waals surface area contributed by atoms with Crippen molar-refractivity contribution in [1.82, 2.24) is 4.90 Å². The molecular weight excluding hydrogens is 270 g/mol. The quantitative estimate of drug-likeness (QED) is 0.761. The van der Waals surface area contributed by atoms with Gasteiger partial charge in [-0.25, -0.2) is 0 Å². The van der Waals surface area contributed by atoms with E-state index in [0.29, 0.717) is 0 Å². The molecule has 0 aliphatic carbocycles. The van der Waals surface area contributed by atoms with Crippen molar-refractivity contribution in [3.63, 3.8) is 0 Å². The number of hydrogen-bond acceptors (Lipinski definition) is 4. The summed E-state index contributed by atoms with van der Waals surface area (Å²) >= 11 is 1.75. The molecule has 0 saturated heterocycles. The van der Waals surface area contributed by atoms with Gasteiger partial charge in [0, 0.05) is 29.1 Å². The van der Waals surface area contributed by atoms with Crippen molar-refractivity contribution in [2.45, 2.75) is 20.0 Å². The summed E-state index contributed by atoms with van der Waals surface area (Å²) in [7, 11) is 3.73. The molecule has 0 saturated carbocycles. The molecule has 0 aliphatic rings. The number of thiophene rings is 1. The van der Waals surface area contributed by atoms with Crippen LogP contribution in [0, 0.1) is 0 Å². The number of hydrogen-bond donors (Lipinski definition) is 0. The van der Waals surface area contributed by atoms with Crippen molar-refractivity contribution < 1.29 is 9.53 Å². The molecule has 0 fully saturated rings. The summed E-state index contributed by atoms with van der Waals surface area (Å²) in [5.41, 5.74) is 1.77. The van der Waals surface area contributed by atoms with Crippen molar-refractivity contribution in [3.05, 3.63) is 51.7 Å². The van der Waals surface area contributed by atoms with Crippen LogP contribution >= 0.6 is 11.3 Å². The fourth-order valence-corrected chi connectivity index (χ4v) is 2.92. The van der Waals surface area contributed by atoms with E-state index in [1.165, 1.54) is 4.88 Å². The monoisotopic (exact) mass is 289 g/mol. The predicted molar refractivity (Wildman–Crippen MR) is 82.5 cm³/mol. The second kappa shape index (κ2) is 6.68. The van der Waals surface area contributed by atoms with E-state index in [0.717, 1.165) is 30.0 Å². The highest BCUT2D eigenvalue weighted by atomic mass is 32.1. The molecule has 2 aromatic rings. The lowest BCUT2D eigenvalue weighted by molar-refractivity contribution is 0.101. The molecule has 0 amide bonds. The third-order valence-corrected chi connectivity index (χ3v) is 3.99. The second-order valence-electron chi connectivity index (χ2n) is 4.83. The van der Waals surface area contributed by atoms with Crippen LogP contribution in [-0.2, 0) is 13.1 Å². The SMILES string of the molecule is COc1ccc(C(C)=O)cc1CN(C)Cc1cccs1. The standard InChI is InChI=1S/C16H19NO2S/c1-12(18)13-6-7-16(19-3)14(9-13)10-17(2)11-15-5-4-8-20-15/h4-9H,10-11H2,1-3H3. The summed E-state index contributed by atoms with van der Waals surface area (Å²) in [4.78, 5) is 15.0. The van der Waals surface area contributed by atoms with E-state index >= 15 is 0 Å². The number of nitrogens with zero attached hydrogens (tertiary/aromatic N) is 1. The molecule has 0 N–H and O–H groups in total. The Hall–Kier alpha value is -1.65. The Kier molecular flexibility index (Phi) is 4.93. The van der Waals surface area contributed by atoms with Gasteiger partial charge in [0.05, 0.1) is 7.11 Å². The van der Waals surface area contributed by atoms with Crippen LogP contribution in [0.25, 0.3) is 0 Å². The third-order valence-electron chi connectivity index (χ3n) is 3.13. The fraction of sp³-hybridized carbons (Fsp3) is 0.312. The first-order valence-electron chi connectivity index (χ1n) is 6.49. The van der Waals surface area contributed by atoms with Gasteiger partial charge in [-0.05, 0) is 43.6 Å². The van der Waals surface area contributed by atoms with E-state index in [-0.39, 0.29) is 5.78 Å². The average molecular weight is 289 g/mol. The number of benzene rings is 1. The number of methoxy groups -OCH3 is 1. The number of carbonyl (C=O) groups excluding carboxylic acids is 1. The topological polar surface area (TPSA) is 29.5 Å². The molecule has 0 atom stereocenters. The number of carbonyl (C=O) groups is 1. The minimum atomic E-state index is 0.0785. The van der Waals surface area contributed by atoms with Crippen LogP contribution in [0.3, 0.4) is 0 Å². The summed E-state index contributed by atoms with van der Waals surface area (Å²) in [6.45, 7) is 3.23. The maximum Gasteiger partial charge on any atom is 0.159 e. The van der Waals surface area contributed by atoms with Gasteiger partial charge in [-0.3, -0.25) is 9.69 Å². The van der Waals surface area contributed by atoms with Crippen LogP contribution in [0.5, 0.6) is 5.75 Å². The lowest BCUT2D eigenvalue weighted by Crippen LogP contribution is -2.17. The maximum absolute atomic E-state index is 11.5. The first kappa shape index (κ1) is 14.8. The second-order valence-corrected chi connectivity index (χ2v) is 5.87. The maximum atomic E-state index is 11.5. The van der Waals surface area contributed by atoms with E-state index < -0.39 is 0 Å². The smallest absolute Gasteiger partial charge is 0.159 e. The Morgan fingerprint density at radius 1 is 1.30 bits per heavy atom. The van der Waals surface area contributed by atoms with Crippen molar-refractivity contribution >= 4 is 17.1 Å². The van der Waals surface area contributed by atoms with Gasteiger partial charge in [-0.15, -0.1) is 11.3 Å². The van der Waals surface area contributed by atoms with Crippen molar-refractivity contribution in [2.75, 3.05) is 14.2 Å². The zero-order valence-corrected chi connectivity index (χ0v) is 12.9. The number of Topliss-reactive ketones (excluding diaryl/α,β-unsaturated/α-hetero) is 1. The Morgan fingerprint density at radius 2 is 2.10 bits per heavy atom. The summed E-state index contributed by atoms with van der Waals surface area (Å²) in [6.07, 6.45) is 0. The van der Waals surface area contributed by atoms with Gasteiger partial charge in [-0.2, -0.15) is 0 Å². The fourth-order valence-electron chi connectivity index (χ4n) is 2.14. The zero-order chi connectivity index (χ0) is 14.5. The van der Waals surface area contributed by atoms with Gasteiger partial charge in [0.25, 0.3) is 0 Å². The first-order valence-corrected chi connectivity index (χ1v) is 7.37. The minimum absolute atomic E-state index is 0.0785. The summed E-state index contributed by atoms with van der Waals surface area (Å²) < 4.78 is 5.38. The largest absolute Gasteiger partial charge is 0.496 e. The lowest BCUT2D eigenvalue weighted by Gasteiger charge is -2.18. The van der Waals surface area contributed by atoms with Gasteiger partial charge >= 0.3 is 0 Å². The first-order chi connectivity index (χ1) is 9.60. The molecule has 0 aliphatic heterocycles. The Balaban J connectivity index is 2.14. The molecule has 1 aromatic heterocycles. The molecule has 1 heterocycles. The van der Waals surface area contributed by atoms with Gasteiger partial charge in [0.1, 0.15) is 5.75 Å². The third kappa shape index (κ3) is 3.68. The van der Waals surface area contributed by atoms with Crippen LogP contribution in [0.2, 0.25) is 0 Å². The lowest BCUT2D eigenvalue weighted by atomic mass is 10.1. The van der Waals surface area contributed by atoms with Crippen LogP contribution in [-0.4, -0.2) is 24.8 Å². The van der Waals surface area contributed by atoms with E-state index in [1.54, 1.807) is 25.4 Å². The van der Waals surface area contributed by atoms with Crippen LogP contribution in [0.15, 0.2) is 35.7 Å². The van der Waals surface area contributed by atoms with Gasteiger partial charge in [-0.1, -0.05) is 6.07 Å². The number of ether oxygens (including phenoxy) is 1. The van der Waals surface area contributed by atoms with E-state index in [2.05, 4.69) is 29.5 Å². The highest BCUT2D eigenvalue weighted by molar-refractivity contribution is 7.09. The van der Waals surface area contributed by atoms with Crippen molar-refractivity contribution in [1.29, 1.82) is 0 Å². The van der Waals surface area contributed by atoms with E-state index in [9.17, 15) is 4.79 Å². The van der Waals surface area contributed by atoms with Crippen molar-refractivity contribution in [2.24, 2.45) is 0 Å². The molecule has 0 spiro atoms. The summed E-state index contributed by atoms with van der Waals surface area (Å²) in [5, 5.41) is 2.08. The number of rotatable bonds is 6. The normalized spacial score (nSPS) is 10.8. The average Bonchev–Trinajstić information content (AvgIpc) is 2.91. The van der Waals surface area contributed by atoms with E-state index in [4.69, 9.17) is 4.74 Å². The van der Waals surface area contributed by atoms with Crippen LogP contribution < -0.4 is 4.74 Å². The highest BCUT2D eigenvalue weighted by Crippen LogP contribution is 2.22. The zero-order valence-electron chi connectivity index (χ0n) is 12.1. The molecular formula is C16H19NO2S. The van der Waals surface area contributed by atoms with Crippen LogP contribution in [0.4, 0.5) is 0 Å². The van der Waals surface area contributed by atoms with Gasteiger partial charge < -0.3 is 4.74 Å². The molecule has 0 radical (unpaired) electrons. The highest BCUT2D eigenvalue weighted by Gasteiger charge is 2.10.